The molecule has 18 heavy (non-hydrogen) atoms. The van der Waals surface area contributed by atoms with E-state index in [1.54, 1.807) is 6.20 Å². The van der Waals surface area contributed by atoms with Crippen molar-refractivity contribution in [3.05, 3.63) is 47.8 Å². The number of nitrogens with zero attached hydrogens (tertiary/aromatic N) is 2. The van der Waals surface area contributed by atoms with Crippen LogP contribution in [0.3, 0.4) is 0 Å². The highest BCUT2D eigenvalue weighted by Crippen LogP contribution is 2.12. The van der Waals surface area contributed by atoms with Crippen LogP contribution < -0.4 is 0 Å². The molecule has 4 heteroatoms. The van der Waals surface area contributed by atoms with Crippen molar-refractivity contribution >= 4 is 5.97 Å². The van der Waals surface area contributed by atoms with Crippen LogP contribution in [-0.2, 0) is 11.2 Å². The van der Waals surface area contributed by atoms with Gasteiger partial charge >= 0.3 is 5.97 Å². The molecule has 94 valence electrons. The first-order chi connectivity index (χ1) is 8.66. The second-order valence-corrected chi connectivity index (χ2v) is 4.30. The zero-order valence-electron chi connectivity index (χ0n) is 10.3. The Hall–Kier alpha value is -2.10. The fourth-order valence-electron chi connectivity index (χ4n) is 1.89. The molecule has 1 N–H and O–H groups in total. The zero-order valence-corrected chi connectivity index (χ0v) is 10.3. The first-order valence-corrected chi connectivity index (χ1v) is 5.98. The Morgan fingerprint density at radius 1 is 1.28 bits per heavy atom. The Kier molecular flexibility index (Phi) is 3.77. The van der Waals surface area contributed by atoms with E-state index in [4.69, 9.17) is 5.11 Å². The van der Waals surface area contributed by atoms with Crippen LogP contribution in [0.15, 0.2) is 36.5 Å². The molecular weight excluding hydrogens is 228 g/mol. The summed E-state index contributed by atoms with van der Waals surface area (Å²) < 4.78 is 1.88. The van der Waals surface area contributed by atoms with E-state index < -0.39 is 5.97 Å². The lowest BCUT2D eigenvalue weighted by molar-refractivity contribution is -0.137. The normalized spacial score (nSPS) is 10.5. The average molecular weight is 244 g/mol. The van der Waals surface area contributed by atoms with Gasteiger partial charge in [0.05, 0.1) is 5.69 Å². The summed E-state index contributed by atoms with van der Waals surface area (Å²) in [6.45, 7) is 2.01. The smallest absolute Gasteiger partial charge is 0.303 e. The number of aliphatic carboxylic acids is 1. The number of carboxylic acids is 1. The first kappa shape index (κ1) is 12.4. The Bertz CT molecular complexity index is 529. The van der Waals surface area contributed by atoms with Gasteiger partial charge in [0.25, 0.3) is 0 Å². The maximum Gasteiger partial charge on any atom is 0.303 e. The van der Waals surface area contributed by atoms with Gasteiger partial charge < -0.3 is 5.11 Å². The minimum absolute atomic E-state index is 0.222. The van der Waals surface area contributed by atoms with Crippen molar-refractivity contribution in [3.63, 3.8) is 0 Å². The van der Waals surface area contributed by atoms with Crippen LogP contribution in [0, 0.1) is 6.92 Å². The standard InChI is InChI=1S/C14H16N2O2/c1-11-9-10-15-16(11)13-7-5-12(6-8-13)3-2-4-14(17)18/h5-10H,2-4H2,1H3,(H,17,18). The van der Waals surface area contributed by atoms with Crippen molar-refractivity contribution < 1.29 is 9.90 Å². The predicted molar refractivity (Wildman–Crippen MR) is 68.9 cm³/mol. The van der Waals surface area contributed by atoms with E-state index in [9.17, 15) is 4.79 Å². The monoisotopic (exact) mass is 244 g/mol. The van der Waals surface area contributed by atoms with Gasteiger partial charge in [-0.3, -0.25) is 4.79 Å². The quantitative estimate of drug-likeness (QED) is 0.879. The number of benzene rings is 1. The Balaban J connectivity index is 2.02. The molecule has 0 aliphatic carbocycles. The lowest BCUT2D eigenvalue weighted by Gasteiger charge is -2.05. The summed E-state index contributed by atoms with van der Waals surface area (Å²) >= 11 is 0. The van der Waals surface area contributed by atoms with E-state index in [1.165, 1.54) is 0 Å². The highest BCUT2D eigenvalue weighted by Gasteiger charge is 2.02. The molecule has 0 spiro atoms. The fourth-order valence-corrected chi connectivity index (χ4v) is 1.89. The molecule has 1 aromatic carbocycles. The number of rotatable bonds is 5. The molecule has 0 saturated carbocycles. The van der Waals surface area contributed by atoms with Gasteiger partial charge in [-0.25, -0.2) is 4.68 Å². The van der Waals surface area contributed by atoms with Crippen LogP contribution in [-0.4, -0.2) is 20.9 Å². The van der Waals surface area contributed by atoms with E-state index in [0.29, 0.717) is 6.42 Å². The Morgan fingerprint density at radius 3 is 2.56 bits per heavy atom. The minimum Gasteiger partial charge on any atom is -0.481 e. The summed E-state index contributed by atoms with van der Waals surface area (Å²) in [4.78, 5) is 10.4. The summed E-state index contributed by atoms with van der Waals surface area (Å²) in [5.41, 5.74) is 3.28. The molecule has 0 unspecified atom stereocenters. The van der Waals surface area contributed by atoms with E-state index in [0.717, 1.165) is 23.4 Å². The average Bonchev–Trinajstić information content (AvgIpc) is 2.76. The van der Waals surface area contributed by atoms with Crippen LogP contribution >= 0.6 is 0 Å². The van der Waals surface area contributed by atoms with Gasteiger partial charge in [0.15, 0.2) is 0 Å². The lowest BCUT2D eigenvalue weighted by Crippen LogP contribution is -1.99. The second-order valence-electron chi connectivity index (χ2n) is 4.30. The highest BCUT2D eigenvalue weighted by molar-refractivity contribution is 5.66. The molecular formula is C14H16N2O2. The SMILES string of the molecule is Cc1ccnn1-c1ccc(CCCC(=O)O)cc1. The van der Waals surface area contributed by atoms with Crippen molar-refractivity contribution in [2.45, 2.75) is 26.2 Å². The first-order valence-electron chi connectivity index (χ1n) is 5.98. The number of hydrogen-bond donors (Lipinski definition) is 1. The number of hydrogen-bond acceptors (Lipinski definition) is 2. The van der Waals surface area contributed by atoms with Crippen molar-refractivity contribution in [2.75, 3.05) is 0 Å². The molecule has 2 aromatic rings. The van der Waals surface area contributed by atoms with E-state index in [-0.39, 0.29) is 6.42 Å². The molecule has 0 bridgehead atoms. The van der Waals surface area contributed by atoms with Crippen LogP contribution in [0.1, 0.15) is 24.1 Å². The summed E-state index contributed by atoms with van der Waals surface area (Å²) in [5, 5.41) is 12.8. The third-order valence-electron chi connectivity index (χ3n) is 2.87. The largest absolute Gasteiger partial charge is 0.481 e. The third kappa shape index (κ3) is 2.97. The highest BCUT2D eigenvalue weighted by atomic mass is 16.4. The van der Waals surface area contributed by atoms with E-state index in [2.05, 4.69) is 5.10 Å². The maximum atomic E-state index is 10.4. The Labute approximate surface area is 106 Å². The predicted octanol–water partition coefficient (Wildman–Crippen LogP) is 2.59. The number of carboxylic acid groups (broad SMARTS) is 1. The maximum absolute atomic E-state index is 10.4. The van der Waals surface area contributed by atoms with Crippen LogP contribution in [0.25, 0.3) is 5.69 Å². The molecule has 0 amide bonds. The van der Waals surface area contributed by atoms with Crippen molar-refractivity contribution in [2.24, 2.45) is 0 Å². The van der Waals surface area contributed by atoms with Crippen molar-refractivity contribution in [1.29, 1.82) is 0 Å². The molecule has 0 radical (unpaired) electrons. The van der Waals surface area contributed by atoms with Crippen LogP contribution in [0.5, 0.6) is 0 Å². The van der Waals surface area contributed by atoms with Gasteiger partial charge in [-0.15, -0.1) is 0 Å². The van der Waals surface area contributed by atoms with Gasteiger partial charge in [-0.05, 0) is 43.5 Å². The molecule has 0 atom stereocenters. The molecule has 0 aliphatic rings. The summed E-state index contributed by atoms with van der Waals surface area (Å²) in [7, 11) is 0. The zero-order chi connectivity index (χ0) is 13.0. The fraction of sp³-hybridized carbons (Fsp3) is 0.286. The number of carbonyl (C=O) groups is 1. The molecule has 2 rings (SSSR count). The minimum atomic E-state index is -0.737. The van der Waals surface area contributed by atoms with Gasteiger partial charge in [0.1, 0.15) is 0 Å². The van der Waals surface area contributed by atoms with Crippen LogP contribution in [0.2, 0.25) is 0 Å². The molecule has 0 fully saturated rings. The third-order valence-corrected chi connectivity index (χ3v) is 2.87. The number of aromatic nitrogens is 2. The van der Waals surface area contributed by atoms with Crippen molar-refractivity contribution in [1.82, 2.24) is 9.78 Å². The molecule has 1 aromatic heterocycles. The second kappa shape index (κ2) is 5.49. The lowest BCUT2D eigenvalue weighted by atomic mass is 10.1. The van der Waals surface area contributed by atoms with E-state index >= 15 is 0 Å². The summed E-state index contributed by atoms with van der Waals surface area (Å²) in [6, 6.07) is 10.0. The molecule has 0 saturated heterocycles. The van der Waals surface area contributed by atoms with Gasteiger partial charge in [-0.1, -0.05) is 12.1 Å². The molecule has 4 nitrogen and oxygen atoms in total. The van der Waals surface area contributed by atoms with Gasteiger partial charge in [0, 0.05) is 18.3 Å². The van der Waals surface area contributed by atoms with Gasteiger partial charge in [0.2, 0.25) is 0 Å². The van der Waals surface area contributed by atoms with Gasteiger partial charge in [-0.2, -0.15) is 5.10 Å². The summed E-state index contributed by atoms with van der Waals surface area (Å²) in [5.74, 6) is -0.737. The van der Waals surface area contributed by atoms with Crippen LogP contribution in [0.4, 0.5) is 0 Å². The Morgan fingerprint density at radius 2 is 2.00 bits per heavy atom. The van der Waals surface area contributed by atoms with E-state index in [1.807, 2.05) is 41.9 Å². The topological polar surface area (TPSA) is 55.1 Å². The number of aryl methyl sites for hydroxylation is 2. The van der Waals surface area contributed by atoms with Crippen molar-refractivity contribution in [3.8, 4) is 5.69 Å². The molecule has 1 heterocycles. The summed E-state index contributed by atoms with van der Waals surface area (Å²) in [6.07, 6.45) is 3.47. The molecule has 0 aliphatic heterocycles.